The molecule has 4 rings (SSSR count). The average molecular weight is 352 g/mol. The summed E-state index contributed by atoms with van der Waals surface area (Å²) in [5.74, 6) is 1.67. The summed E-state index contributed by atoms with van der Waals surface area (Å²) in [6, 6.07) is 10.6. The Labute approximate surface area is 149 Å². The number of thiophene rings is 2. The zero-order chi connectivity index (χ0) is 16.7. The summed E-state index contributed by atoms with van der Waals surface area (Å²) in [5.41, 5.74) is 4.77. The van der Waals surface area contributed by atoms with E-state index in [0.29, 0.717) is 0 Å². The number of hydrogen-bond acceptors (Lipinski definition) is 5. The minimum Gasteiger partial charge on any atom is -0.339 e. The molecule has 0 saturated carbocycles. The third kappa shape index (κ3) is 2.70. The van der Waals surface area contributed by atoms with Crippen LogP contribution in [-0.2, 0) is 0 Å². The highest BCUT2D eigenvalue weighted by molar-refractivity contribution is 7.18. The number of nitrogens with one attached hydrogen (secondary N) is 1. The van der Waals surface area contributed by atoms with Crippen LogP contribution < -0.4 is 5.32 Å². The van der Waals surface area contributed by atoms with Gasteiger partial charge < -0.3 is 5.32 Å². The van der Waals surface area contributed by atoms with Gasteiger partial charge in [-0.2, -0.15) is 0 Å². The van der Waals surface area contributed by atoms with Crippen LogP contribution in [0.25, 0.3) is 20.7 Å². The molecule has 0 radical (unpaired) electrons. The van der Waals surface area contributed by atoms with E-state index < -0.39 is 0 Å². The van der Waals surface area contributed by atoms with Crippen molar-refractivity contribution in [1.29, 1.82) is 0 Å². The molecule has 0 fully saturated rings. The minimum absolute atomic E-state index is 0.786. The smallest absolute Gasteiger partial charge is 0.143 e. The van der Waals surface area contributed by atoms with Crippen molar-refractivity contribution in [3.8, 4) is 10.4 Å². The molecular formula is C19H17N3S2. The average Bonchev–Trinajstić information content (AvgIpc) is 3.18. The van der Waals surface area contributed by atoms with Gasteiger partial charge in [-0.1, -0.05) is 23.8 Å². The van der Waals surface area contributed by atoms with Gasteiger partial charge >= 0.3 is 0 Å². The Morgan fingerprint density at radius 3 is 2.62 bits per heavy atom. The molecule has 0 aliphatic rings. The van der Waals surface area contributed by atoms with E-state index >= 15 is 0 Å². The molecule has 0 aliphatic heterocycles. The molecule has 4 aromatic rings. The van der Waals surface area contributed by atoms with E-state index in [-0.39, 0.29) is 0 Å². The second-order valence-electron chi connectivity index (χ2n) is 5.87. The third-order valence-corrected chi connectivity index (χ3v) is 5.74. The Kier molecular flexibility index (Phi) is 3.82. The van der Waals surface area contributed by atoms with E-state index in [4.69, 9.17) is 4.98 Å². The van der Waals surface area contributed by atoms with E-state index in [2.05, 4.69) is 65.2 Å². The first kappa shape index (κ1) is 15.3. The van der Waals surface area contributed by atoms with Crippen molar-refractivity contribution in [1.82, 2.24) is 9.97 Å². The quantitative estimate of drug-likeness (QED) is 0.485. The lowest BCUT2D eigenvalue weighted by Crippen LogP contribution is -1.99. The second kappa shape index (κ2) is 6.00. The van der Waals surface area contributed by atoms with E-state index in [9.17, 15) is 0 Å². The summed E-state index contributed by atoms with van der Waals surface area (Å²) in [4.78, 5) is 11.6. The number of hydrogen-bond donors (Lipinski definition) is 1. The number of benzene rings is 1. The van der Waals surface area contributed by atoms with Gasteiger partial charge in [0.15, 0.2) is 0 Å². The summed E-state index contributed by atoms with van der Waals surface area (Å²) in [6.07, 6.45) is 0. The molecule has 0 spiro atoms. The first-order chi connectivity index (χ1) is 11.6. The Bertz CT molecular complexity index is 1020. The van der Waals surface area contributed by atoms with Crippen molar-refractivity contribution >= 4 is 44.4 Å². The highest BCUT2D eigenvalue weighted by atomic mass is 32.1. The predicted molar refractivity (Wildman–Crippen MR) is 105 cm³/mol. The summed E-state index contributed by atoms with van der Waals surface area (Å²) in [7, 11) is 0. The molecule has 0 amide bonds. The van der Waals surface area contributed by atoms with Crippen LogP contribution in [0.3, 0.4) is 0 Å². The maximum atomic E-state index is 4.69. The normalized spacial score (nSPS) is 11.1. The third-order valence-electron chi connectivity index (χ3n) is 3.97. The Hall–Kier alpha value is -2.24. The van der Waals surface area contributed by atoms with Crippen LogP contribution in [0, 0.1) is 20.8 Å². The van der Waals surface area contributed by atoms with Crippen molar-refractivity contribution in [2.75, 3.05) is 5.32 Å². The van der Waals surface area contributed by atoms with Crippen LogP contribution in [-0.4, -0.2) is 9.97 Å². The molecule has 0 saturated heterocycles. The maximum Gasteiger partial charge on any atom is 0.143 e. The molecule has 3 heterocycles. The fourth-order valence-electron chi connectivity index (χ4n) is 2.83. The highest BCUT2D eigenvalue weighted by Gasteiger charge is 2.15. The lowest BCUT2D eigenvalue weighted by molar-refractivity contribution is 1.10. The molecule has 24 heavy (non-hydrogen) atoms. The fraction of sp³-hybridized carbons (Fsp3) is 0.158. The molecule has 120 valence electrons. The molecule has 0 aliphatic carbocycles. The van der Waals surface area contributed by atoms with Gasteiger partial charge in [0.1, 0.15) is 16.5 Å². The molecule has 3 aromatic heterocycles. The summed E-state index contributed by atoms with van der Waals surface area (Å²) < 4.78 is 0. The van der Waals surface area contributed by atoms with Crippen LogP contribution >= 0.6 is 22.7 Å². The van der Waals surface area contributed by atoms with Gasteiger partial charge in [-0.3, -0.25) is 0 Å². The largest absolute Gasteiger partial charge is 0.339 e. The molecule has 1 aromatic carbocycles. The van der Waals surface area contributed by atoms with Crippen molar-refractivity contribution in [2.24, 2.45) is 0 Å². The topological polar surface area (TPSA) is 37.8 Å². The zero-order valence-corrected chi connectivity index (χ0v) is 15.4. The van der Waals surface area contributed by atoms with Crippen molar-refractivity contribution in [3.63, 3.8) is 0 Å². The van der Waals surface area contributed by atoms with Crippen LogP contribution in [0.1, 0.15) is 17.0 Å². The van der Waals surface area contributed by atoms with E-state index in [1.165, 1.54) is 21.6 Å². The number of fused-ring (bicyclic) bond motifs is 1. The summed E-state index contributed by atoms with van der Waals surface area (Å²) in [5, 5.41) is 8.92. The first-order valence-corrected chi connectivity index (χ1v) is 9.52. The monoisotopic (exact) mass is 351 g/mol. The van der Waals surface area contributed by atoms with E-state index in [0.717, 1.165) is 27.5 Å². The Morgan fingerprint density at radius 2 is 1.88 bits per heavy atom. The molecular weight excluding hydrogens is 334 g/mol. The molecule has 0 atom stereocenters. The van der Waals surface area contributed by atoms with Gasteiger partial charge in [0, 0.05) is 21.5 Å². The molecule has 0 unspecified atom stereocenters. The number of nitrogens with zero attached hydrogens (tertiary/aromatic N) is 2. The SMILES string of the molecule is Cc1ccc(Nc2nc(C)nc3scc(-c4cccs4)c23)c(C)c1. The van der Waals surface area contributed by atoms with Crippen molar-refractivity contribution in [3.05, 3.63) is 58.0 Å². The van der Waals surface area contributed by atoms with E-state index in [1.807, 2.05) is 6.92 Å². The molecule has 3 nitrogen and oxygen atoms in total. The van der Waals surface area contributed by atoms with Crippen molar-refractivity contribution < 1.29 is 0 Å². The molecule has 0 bridgehead atoms. The van der Waals surface area contributed by atoms with E-state index in [1.54, 1.807) is 22.7 Å². The van der Waals surface area contributed by atoms with Gasteiger partial charge in [0.2, 0.25) is 0 Å². The fourth-order valence-corrected chi connectivity index (χ4v) is 4.64. The zero-order valence-electron chi connectivity index (χ0n) is 13.8. The van der Waals surface area contributed by atoms with Gasteiger partial charge in [0.25, 0.3) is 0 Å². The second-order valence-corrected chi connectivity index (χ2v) is 7.68. The lowest BCUT2D eigenvalue weighted by Gasteiger charge is -2.12. The number of anilines is 2. The number of aromatic nitrogens is 2. The maximum absolute atomic E-state index is 4.69. The lowest BCUT2D eigenvalue weighted by atomic mass is 10.1. The number of rotatable bonds is 3. The van der Waals surface area contributed by atoms with Gasteiger partial charge in [0.05, 0.1) is 5.39 Å². The molecule has 1 N–H and O–H groups in total. The standard InChI is InChI=1S/C19H17N3S2/c1-11-6-7-15(12(2)9-11)22-18-17-14(16-5-4-8-23-16)10-24-19(17)21-13(3)20-18/h4-10H,1-3H3,(H,20,21,22). The number of aryl methyl sites for hydroxylation is 3. The summed E-state index contributed by atoms with van der Waals surface area (Å²) in [6.45, 7) is 6.17. The van der Waals surface area contributed by atoms with Crippen molar-refractivity contribution in [2.45, 2.75) is 20.8 Å². The Balaban J connectivity index is 1.89. The first-order valence-electron chi connectivity index (χ1n) is 7.76. The predicted octanol–water partition coefficient (Wildman–Crippen LogP) is 6.09. The van der Waals surface area contributed by atoms with Crippen LogP contribution in [0.5, 0.6) is 0 Å². The summed E-state index contributed by atoms with van der Waals surface area (Å²) >= 11 is 3.42. The van der Waals surface area contributed by atoms with Gasteiger partial charge in [-0.25, -0.2) is 9.97 Å². The van der Waals surface area contributed by atoms with Crippen LogP contribution in [0.15, 0.2) is 41.1 Å². The molecule has 5 heteroatoms. The van der Waals surface area contributed by atoms with Crippen LogP contribution in [0.4, 0.5) is 11.5 Å². The minimum atomic E-state index is 0.786. The highest BCUT2D eigenvalue weighted by Crippen LogP contribution is 2.39. The van der Waals surface area contributed by atoms with Crippen LogP contribution in [0.2, 0.25) is 0 Å². The Morgan fingerprint density at radius 1 is 1.00 bits per heavy atom. The van der Waals surface area contributed by atoms with Gasteiger partial charge in [-0.05, 0) is 43.8 Å². The van der Waals surface area contributed by atoms with Gasteiger partial charge in [-0.15, -0.1) is 22.7 Å².